The van der Waals surface area contributed by atoms with Gasteiger partial charge in [0, 0.05) is 6.54 Å². The fourth-order valence-electron chi connectivity index (χ4n) is 1.78. The molecule has 1 aliphatic rings. The zero-order valence-corrected chi connectivity index (χ0v) is 10.3. The van der Waals surface area contributed by atoms with Crippen molar-refractivity contribution in [2.45, 2.75) is 58.1 Å². The van der Waals surface area contributed by atoms with E-state index in [4.69, 9.17) is 10.00 Å². The molecule has 1 rings (SSSR count). The van der Waals surface area contributed by atoms with Crippen molar-refractivity contribution in [3.05, 3.63) is 0 Å². The molecule has 0 aromatic rings. The van der Waals surface area contributed by atoms with Crippen molar-refractivity contribution in [1.29, 1.82) is 5.26 Å². The number of nitriles is 1. The largest absolute Gasteiger partial charge is 0.444 e. The number of carbonyl (C=O) groups excluding carboxylic acids is 1. The number of ether oxygens (including phenoxy) is 1. The number of hydrogen-bond acceptors (Lipinski definition) is 3. The summed E-state index contributed by atoms with van der Waals surface area (Å²) in [4.78, 5) is 13.5. The average molecular weight is 224 g/mol. The van der Waals surface area contributed by atoms with Crippen LogP contribution >= 0.6 is 0 Å². The molecule has 0 bridgehead atoms. The molecule has 1 heterocycles. The van der Waals surface area contributed by atoms with Gasteiger partial charge in [-0.1, -0.05) is 12.8 Å². The second-order valence-electron chi connectivity index (χ2n) is 5.17. The summed E-state index contributed by atoms with van der Waals surface area (Å²) in [5, 5.41) is 9.03. The van der Waals surface area contributed by atoms with E-state index in [1.54, 1.807) is 4.90 Å². The molecule has 1 aliphatic heterocycles. The van der Waals surface area contributed by atoms with Gasteiger partial charge in [0.25, 0.3) is 0 Å². The van der Waals surface area contributed by atoms with E-state index in [1.165, 1.54) is 0 Å². The summed E-state index contributed by atoms with van der Waals surface area (Å²) in [5.74, 6) is 0. The molecule has 1 saturated heterocycles. The standard InChI is InChI=1S/C12H20N2O2/c1-12(2,3)16-11(15)14-8-6-4-5-7-10(14)9-13/h10H,4-8H2,1-3H3/t10-/m0/s1. The number of rotatable bonds is 0. The Morgan fingerprint density at radius 3 is 2.62 bits per heavy atom. The third-order valence-electron chi connectivity index (χ3n) is 2.53. The molecule has 0 aliphatic carbocycles. The second kappa shape index (κ2) is 5.20. The van der Waals surface area contributed by atoms with Gasteiger partial charge < -0.3 is 4.74 Å². The van der Waals surface area contributed by atoms with Crippen LogP contribution in [0.15, 0.2) is 0 Å². The van der Waals surface area contributed by atoms with Crippen molar-refractivity contribution in [2.24, 2.45) is 0 Å². The van der Waals surface area contributed by atoms with E-state index >= 15 is 0 Å². The van der Waals surface area contributed by atoms with E-state index in [2.05, 4.69) is 6.07 Å². The number of likely N-dealkylation sites (tertiary alicyclic amines) is 1. The van der Waals surface area contributed by atoms with E-state index in [0.717, 1.165) is 25.7 Å². The van der Waals surface area contributed by atoms with Crippen molar-refractivity contribution in [1.82, 2.24) is 4.90 Å². The van der Waals surface area contributed by atoms with E-state index in [0.29, 0.717) is 6.54 Å². The van der Waals surface area contributed by atoms with Gasteiger partial charge in [-0.2, -0.15) is 5.26 Å². The van der Waals surface area contributed by atoms with Crippen LogP contribution in [0.5, 0.6) is 0 Å². The molecule has 0 saturated carbocycles. The van der Waals surface area contributed by atoms with Crippen LogP contribution in [0, 0.1) is 11.3 Å². The summed E-state index contributed by atoms with van der Waals surface area (Å²) in [5.41, 5.74) is -0.497. The predicted octanol–water partition coefficient (Wildman–Crippen LogP) is 2.69. The number of hydrogen-bond donors (Lipinski definition) is 0. The molecule has 0 N–H and O–H groups in total. The Bertz CT molecular complexity index is 288. The van der Waals surface area contributed by atoms with Crippen LogP contribution in [0.4, 0.5) is 4.79 Å². The van der Waals surface area contributed by atoms with Crippen molar-refractivity contribution in [3.8, 4) is 6.07 Å². The minimum Gasteiger partial charge on any atom is -0.444 e. The fourth-order valence-corrected chi connectivity index (χ4v) is 1.78. The van der Waals surface area contributed by atoms with Crippen LogP contribution in [0.2, 0.25) is 0 Å². The van der Waals surface area contributed by atoms with E-state index < -0.39 is 5.60 Å². The summed E-state index contributed by atoms with van der Waals surface area (Å²) in [6.07, 6.45) is 3.45. The van der Waals surface area contributed by atoms with E-state index in [-0.39, 0.29) is 12.1 Å². The fraction of sp³-hybridized carbons (Fsp3) is 0.833. The van der Waals surface area contributed by atoms with Gasteiger partial charge in [-0.15, -0.1) is 0 Å². The van der Waals surface area contributed by atoms with Crippen LogP contribution in [-0.4, -0.2) is 29.2 Å². The Labute approximate surface area is 97.2 Å². The second-order valence-corrected chi connectivity index (χ2v) is 5.17. The SMILES string of the molecule is CC(C)(C)OC(=O)N1CCCCC[C@H]1C#N. The Hall–Kier alpha value is -1.24. The van der Waals surface area contributed by atoms with Gasteiger partial charge in [-0.05, 0) is 33.6 Å². The first-order valence-corrected chi connectivity index (χ1v) is 5.83. The Morgan fingerprint density at radius 2 is 2.06 bits per heavy atom. The lowest BCUT2D eigenvalue weighted by Crippen LogP contribution is -2.42. The van der Waals surface area contributed by atoms with Crippen LogP contribution in [0.3, 0.4) is 0 Å². The van der Waals surface area contributed by atoms with Crippen molar-refractivity contribution >= 4 is 6.09 Å². The first-order chi connectivity index (χ1) is 7.44. The Balaban J connectivity index is 2.67. The summed E-state index contributed by atoms with van der Waals surface area (Å²) < 4.78 is 5.30. The third-order valence-corrected chi connectivity index (χ3v) is 2.53. The zero-order chi connectivity index (χ0) is 12.2. The summed E-state index contributed by atoms with van der Waals surface area (Å²) in [7, 11) is 0. The summed E-state index contributed by atoms with van der Waals surface area (Å²) in [6, 6.07) is 1.86. The van der Waals surface area contributed by atoms with Gasteiger partial charge in [0.2, 0.25) is 0 Å². The predicted molar refractivity (Wildman–Crippen MR) is 60.8 cm³/mol. The molecule has 1 amide bonds. The quantitative estimate of drug-likeness (QED) is 0.635. The highest BCUT2D eigenvalue weighted by atomic mass is 16.6. The molecule has 4 nitrogen and oxygen atoms in total. The van der Waals surface area contributed by atoms with E-state index in [1.807, 2.05) is 20.8 Å². The summed E-state index contributed by atoms with van der Waals surface area (Å²) >= 11 is 0. The monoisotopic (exact) mass is 224 g/mol. The molecule has 0 radical (unpaired) electrons. The molecule has 0 aromatic heterocycles. The maximum absolute atomic E-state index is 11.9. The van der Waals surface area contributed by atoms with Gasteiger partial charge in [0.1, 0.15) is 11.6 Å². The van der Waals surface area contributed by atoms with Gasteiger partial charge in [0.05, 0.1) is 6.07 Å². The smallest absolute Gasteiger partial charge is 0.411 e. The molecule has 1 fully saturated rings. The molecule has 4 heteroatoms. The lowest BCUT2D eigenvalue weighted by Gasteiger charge is -2.28. The number of amides is 1. The maximum atomic E-state index is 11.9. The van der Waals surface area contributed by atoms with E-state index in [9.17, 15) is 4.79 Å². The first kappa shape index (κ1) is 12.8. The molecule has 16 heavy (non-hydrogen) atoms. The molecule has 0 aromatic carbocycles. The molecular weight excluding hydrogens is 204 g/mol. The lowest BCUT2D eigenvalue weighted by atomic mass is 10.1. The van der Waals surface area contributed by atoms with Crippen molar-refractivity contribution in [2.75, 3.05) is 6.54 Å². The zero-order valence-electron chi connectivity index (χ0n) is 10.3. The van der Waals surface area contributed by atoms with Gasteiger partial charge >= 0.3 is 6.09 Å². The topological polar surface area (TPSA) is 53.3 Å². The van der Waals surface area contributed by atoms with Gasteiger partial charge in [0.15, 0.2) is 0 Å². The van der Waals surface area contributed by atoms with Crippen LogP contribution < -0.4 is 0 Å². The molecule has 0 spiro atoms. The number of carbonyl (C=O) groups is 1. The highest BCUT2D eigenvalue weighted by Crippen LogP contribution is 2.19. The normalized spacial score (nSPS) is 22.1. The summed E-state index contributed by atoms with van der Waals surface area (Å²) in [6.45, 7) is 6.14. The molecular formula is C12H20N2O2. The molecule has 1 atom stereocenters. The average Bonchev–Trinajstić information content (AvgIpc) is 2.39. The van der Waals surface area contributed by atoms with Gasteiger partial charge in [-0.3, -0.25) is 4.90 Å². The molecule has 0 unspecified atom stereocenters. The Kier molecular flexibility index (Phi) is 4.17. The van der Waals surface area contributed by atoms with Crippen molar-refractivity contribution in [3.63, 3.8) is 0 Å². The van der Waals surface area contributed by atoms with Crippen LogP contribution in [0.25, 0.3) is 0 Å². The van der Waals surface area contributed by atoms with Crippen LogP contribution in [-0.2, 0) is 4.74 Å². The minimum atomic E-state index is -0.497. The van der Waals surface area contributed by atoms with Gasteiger partial charge in [-0.25, -0.2) is 4.79 Å². The Morgan fingerprint density at radius 1 is 1.38 bits per heavy atom. The van der Waals surface area contributed by atoms with Crippen molar-refractivity contribution < 1.29 is 9.53 Å². The minimum absolute atomic E-state index is 0.322. The lowest BCUT2D eigenvalue weighted by molar-refractivity contribution is 0.0210. The highest BCUT2D eigenvalue weighted by Gasteiger charge is 2.29. The highest BCUT2D eigenvalue weighted by molar-refractivity contribution is 5.69. The first-order valence-electron chi connectivity index (χ1n) is 5.83. The molecule has 90 valence electrons. The van der Waals surface area contributed by atoms with Crippen LogP contribution in [0.1, 0.15) is 46.5 Å². The number of nitrogens with zero attached hydrogens (tertiary/aromatic N) is 2. The third kappa shape index (κ3) is 3.73. The maximum Gasteiger partial charge on any atom is 0.411 e.